The zero-order valence-electron chi connectivity index (χ0n) is 5.77. The third-order valence-electron chi connectivity index (χ3n) is 1.06. The van der Waals surface area contributed by atoms with Crippen molar-refractivity contribution in [2.24, 2.45) is 10.3 Å². The summed E-state index contributed by atoms with van der Waals surface area (Å²) in [5, 5.41) is 7.05. The molecule has 0 atom stereocenters. The molecule has 0 saturated heterocycles. The first-order valence-electron chi connectivity index (χ1n) is 3.08. The molecular formula is C7H7N3S. The minimum Gasteiger partial charge on any atom is -0.260 e. The summed E-state index contributed by atoms with van der Waals surface area (Å²) in [5.41, 5.74) is 4.81. The quantitative estimate of drug-likeness (QED) is 0.424. The summed E-state index contributed by atoms with van der Waals surface area (Å²) in [7, 11) is 0. The van der Waals surface area contributed by atoms with Crippen molar-refractivity contribution in [3.05, 3.63) is 30.3 Å². The van der Waals surface area contributed by atoms with Gasteiger partial charge in [-0.15, -0.1) is 5.11 Å². The molecule has 0 bridgehead atoms. The fourth-order valence-electron chi connectivity index (χ4n) is 0.623. The molecule has 0 aliphatic carbocycles. The Hall–Kier alpha value is -1.29. The predicted molar refractivity (Wildman–Crippen MR) is 48.6 cm³/mol. The number of thiocarbonyl (C=S) groups is 1. The van der Waals surface area contributed by atoms with Crippen molar-refractivity contribution in [2.75, 3.05) is 5.43 Å². The molecule has 0 heterocycles. The van der Waals surface area contributed by atoms with Gasteiger partial charge in [0.25, 0.3) is 0 Å². The molecule has 11 heavy (non-hydrogen) atoms. The maximum atomic E-state index is 4.44. The number of para-hydroxylation sites is 1. The Bertz CT molecular complexity index is 245. The van der Waals surface area contributed by atoms with E-state index in [-0.39, 0.29) is 0 Å². The molecule has 1 rings (SSSR count). The van der Waals surface area contributed by atoms with Gasteiger partial charge in [0.1, 0.15) is 5.49 Å². The number of anilines is 1. The topological polar surface area (TPSA) is 36.8 Å². The number of rotatable bonds is 3. The van der Waals surface area contributed by atoms with E-state index in [4.69, 9.17) is 0 Å². The average Bonchev–Trinajstić information content (AvgIpc) is 2.07. The molecule has 0 unspecified atom stereocenters. The van der Waals surface area contributed by atoms with Gasteiger partial charge in [-0.1, -0.05) is 35.6 Å². The Morgan fingerprint density at radius 2 is 2.00 bits per heavy atom. The Kier molecular flexibility index (Phi) is 3.21. The van der Waals surface area contributed by atoms with Gasteiger partial charge in [0, 0.05) is 0 Å². The van der Waals surface area contributed by atoms with Crippen LogP contribution in [0.1, 0.15) is 0 Å². The molecule has 0 aromatic heterocycles. The Labute approximate surface area is 70.1 Å². The normalized spacial score (nSPS) is 9.82. The van der Waals surface area contributed by atoms with E-state index in [9.17, 15) is 0 Å². The maximum Gasteiger partial charge on any atom is 0.114 e. The molecular weight excluding hydrogens is 158 g/mol. The van der Waals surface area contributed by atoms with Gasteiger partial charge in [-0.2, -0.15) is 0 Å². The summed E-state index contributed by atoms with van der Waals surface area (Å²) in [4.78, 5) is 0. The van der Waals surface area contributed by atoms with Gasteiger partial charge in [0.05, 0.1) is 5.69 Å². The van der Waals surface area contributed by atoms with Gasteiger partial charge in [0.2, 0.25) is 0 Å². The highest BCUT2D eigenvalue weighted by molar-refractivity contribution is 7.78. The molecule has 1 aromatic rings. The summed E-state index contributed by atoms with van der Waals surface area (Å²) in [5.74, 6) is 0. The van der Waals surface area contributed by atoms with Crippen molar-refractivity contribution in [1.82, 2.24) is 0 Å². The first-order valence-corrected chi connectivity index (χ1v) is 3.55. The van der Waals surface area contributed by atoms with Crippen LogP contribution in [0.3, 0.4) is 0 Å². The summed E-state index contributed by atoms with van der Waals surface area (Å²) in [6.07, 6.45) is 0. The van der Waals surface area contributed by atoms with E-state index in [0.29, 0.717) is 0 Å². The van der Waals surface area contributed by atoms with Crippen LogP contribution in [0.5, 0.6) is 0 Å². The average molecular weight is 165 g/mol. The van der Waals surface area contributed by atoms with Crippen LogP contribution in [-0.4, -0.2) is 5.49 Å². The van der Waals surface area contributed by atoms with Gasteiger partial charge in [-0.05, 0) is 12.1 Å². The van der Waals surface area contributed by atoms with Crippen molar-refractivity contribution < 1.29 is 0 Å². The smallest absolute Gasteiger partial charge is 0.114 e. The molecule has 0 fully saturated rings. The second kappa shape index (κ2) is 4.51. The zero-order valence-corrected chi connectivity index (χ0v) is 6.58. The molecule has 1 aromatic carbocycles. The number of nitrogens with zero attached hydrogens (tertiary/aromatic N) is 2. The molecule has 3 nitrogen and oxygen atoms in total. The molecule has 0 aliphatic rings. The molecule has 4 heteroatoms. The van der Waals surface area contributed by atoms with Crippen molar-refractivity contribution in [3.8, 4) is 0 Å². The fourth-order valence-corrected chi connectivity index (χ4v) is 0.670. The minimum atomic E-state index is 0.896. The first-order chi connectivity index (χ1) is 5.43. The highest BCUT2D eigenvalue weighted by Gasteiger charge is 1.82. The molecule has 0 spiro atoms. The van der Waals surface area contributed by atoms with E-state index in [0.717, 1.165) is 5.69 Å². The molecule has 0 aliphatic heterocycles. The third-order valence-corrected chi connectivity index (χ3v) is 1.15. The third kappa shape index (κ3) is 2.86. The van der Waals surface area contributed by atoms with Gasteiger partial charge < -0.3 is 0 Å². The Morgan fingerprint density at radius 3 is 2.64 bits per heavy atom. The highest BCUT2D eigenvalue weighted by Crippen LogP contribution is 2.03. The molecule has 1 N–H and O–H groups in total. The van der Waals surface area contributed by atoms with E-state index < -0.39 is 0 Å². The number of nitrogens with one attached hydrogen (secondary N) is 1. The lowest BCUT2D eigenvalue weighted by Crippen LogP contribution is -1.84. The van der Waals surface area contributed by atoms with Crippen molar-refractivity contribution >= 4 is 23.4 Å². The van der Waals surface area contributed by atoms with Crippen LogP contribution in [0, 0.1) is 0 Å². The van der Waals surface area contributed by atoms with Crippen LogP contribution in [0.15, 0.2) is 40.7 Å². The number of benzene rings is 1. The highest BCUT2D eigenvalue weighted by atomic mass is 32.1. The second-order valence-corrected chi connectivity index (χ2v) is 2.01. The molecule has 56 valence electrons. The van der Waals surface area contributed by atoms with Crippen molar-refractivity contribution in [3.63, 3.8) is 0 Å². The lowest BCUT2D eigenvalue weighted by molar-refractivity contribution is 1.18. The summed E-state index contributed by atoms with van der Waals surface area (Å²) >= 11 is 4.44. The van der Waals surface area contributed by atoms with E-state index in [1.807, 2.05) is 30.3 Å². The van der Waals surface area contributed by atoms with Crippen molar-refractivity contribution in [1.29, 1.82) is 0 Å². The van der Waals surface area contributed by atoms with Gasteiger partial charge in [0.15, 0.2) is 0 Å². The zero-order chi connectivity index (χ0) is 7.94. The monoisotopic (exact) mass is 165 g/mol. The van der Waals surface area contributed by atoms with Crippen LogP contribution in [0.2, 0.25) is 0 Å². The predicted octanol–water partition coefficient (Wildman–Crippen LogP) is 2.42. The second-order valence-electron chi connectivity index (χ2n) is 1.80. The van der Waals surface area contributed by atoms with Crippen LogP contribution in [0.4, 0.5) is 5.69 Å². The summed E-state index contributed by atoms with van der Waals surface area (Å²) in [6, 6.07) is 9.54. The van der Waals surface area contributed by atoms with Crippen LogP contribution in [0.25, 0.3) is 0 Å². The SMILES string of the molecule is S=CN=NNc1ccccc1. The molecule has 0 saturated carbocycles. The lowest BCUT2D eigenvalue weighted by atomic mass is 10.3. The largest absolute Gasteiger partial charge is 0.260 e. The van der Waals surface area contributed by atoms with E-state index in [1.165, 1.54) is 5.49 Å². The maximum absolute atomic E-state index is 4.44. The minimum absolute atomic E-state index is 0.896. The van der Waals surface area contributed by atoms with E-state index in [2.05, 4.69) is 28.0 Å². The molecule has 0 amide bonds. The van der Waals surface area contributed by atoms with Gasteiger partial charge >= 0.3 is 0 Å². The Balaban J connectivity index is 2.51. The lowest BCUT2D eigenvalue weighted by Gasteiger charge is -1.94. The van der Waals surface area contributed by atoms with Gasteiger partial charge in [-0.25, -0.2) is 0 Å². The number of hydrogen-bond donors (Lipinski definition) is 1. The number of hydrogen-bond acceptors (Lipinski definition) is 2. The summed E-state index contributed by atoms with van der Waals surface area (Å²) < 4.78 is 0. The summed E-state index contributed by atoms with van der Waals surface area (Å²) in [6.45, 7) is 0. The van der Waals surface area contributed by atoms with E-state index in [1.54, 1.807) is 0 Å². The standard InChI is InChI=1S/C7H7N3S/c11-6-8-10-9-7-4-2-1-3-5-7/h1-6H,(H,8,9,11). The Morgan fingerprint density at radius 1 is 1.27 bits per heavy atom. The fraction of sp³-hybridized carbons (Fsp3) is 0. The van der Waals surface area contributed by atoms with Crippen LogP contribution >= 0.6 is 12.2 Å². The van der Waals surface area contributed by atoms with Gasteiger partial charge in [-0.3, -0.25) is 5.43 Å². The van der Waals surface area contributed by atoms with Crippen LogP contribution in [-0.2, 0) is 0 Å². The van der Waals surface area contributed by atoms with Crippen LogP contribution < -0.4 is 5.43 Å². The first kappa shape index (κ1) is 7.81. The van der Waals surface area contributed by atoms with Crippen molar-refractivity contribution in [2.45, 2.75) is 0 Å². The molecule has 0 radical (unpaired) electrons. The van der Waals surface area contributed by atoms with E-state index >= 15 is 0 Å².